The molecule has 0 spiro atoms. The van der Waals surface area contributed by atoms with Gasteiger partial charge in [0.1, 0.15) is 18.1 Å². The number of nitrogens with one attached hydrogen (secondary N) is 2. The fourth-order valence-corrected chi connectivity index (χ4v) is 4.18. The minimum atomic E-state index is -3.87. The number of rotatable bonds is 9. The van der Waals surface area contributed by atoms with Gasteiger partial charge in [-0.1, -0.05) is 6.07 Å². The molecule has 10 heteroatoms. The Bertz CT molecular complexity index is 1240. The standard InChI is InChI=1S/C23H22N2O7S/c1-29-18-7-5-17(6-8-18)25-33(27,28)20-4-2-3-16(13-20)23(26)24-11-12-30-19-9-10-21-22(14-19)32-15-31-21/h2-10,13-14,25H,11-12,15H2,1H3,(H,24,26). The van der Waals surface area contributed by atoms with Crippen molar-refractivity contribution in [2.45, 2.75) is 4.90 Å². The summed E-state index contributed by atoms with van der Waals surface area (Å²) in [6.45, 7) is 0.635. The number of carbonyl (C=O) groups excluding carboxylic acids is 1. The van der Waals surface area contributed by atoms with Crippen molar-refractivity contribution < 1.29 is 32.2 Å². The van der Waals surface area contributed by atoms with Gasteiger partial charge in [-0.3, -0.25) is 9.52 Å². The molecular formula is C23H22N2O7S. The van der Waals surface area contributed by atoms with E-state index in [1.54, 1.807) is 48.5 Å². The van der Waals surface area contributed by atoms with Crippen molar-refractivity contribution in [3.8, 4) is 23.0 Å². The van der Waals surface area contributed by atoms with Crippen LogP contribution in [-0.4, -0.2) is 41.4 Å². The first-order valence-electron chi connectivity index (χ1n) is 10.0. The molecule has 3 aromatic rings. The summed E-state index contributed by atoms with van der Waals surface area (Å²) in [4.78, 5) is 12.5. The Hall–Kier alpha value is -3.92. The number of sulfonamides is 1. The van der Waals surface area contributed by atoms with E-state index in [9.17, 15) is 13.2 Å². The summed E-state index contributed by atoms with van der Waals surface area (Å²) in [5.74, 6) is 2.06. The number of ether oxygens (including phenoxy) is 4. The summed E-state index contributed by atoms with van der Waals surface area (Å²) >= 11 is 0. The normalized spacial score (nSPS) is 12.2. The second-order valence-corrected chi connectivity index (χ2v) is 8.66. The zero-order chi connectivity index (χ0) is 23.3. The monoisotopic (exact) mass is 470 g/mol. The van der Waals surface area contributed by atoms with Crippen LogP contribution >= 0.6 is 0 Å². The smallest absolute Gasteiger partial charge is 0.261 e. The fourth-order valence-electron chi connectivity index (χ4n) is 3.08. The fraction of sp³-hybridized carbons (Fsp3) is 0.174. The zero-order valence-electron chi connectivity index (χ0n) is 17.7. The maximum atomic E-state index is 12.7. The first kappa shape index (κ1) is 22.3. The molecule has 33 heavy (non-hydrogen) atoms. The SMILES string of the molecule is COc1ccc(NS(=O)(=O)c2cccc(C(=O)NCCOc3ccc4c(c3)OCO4)c2)cc1. The molecule has 0 aliphatic carbocycles. The summed E-state index contributed by atoms with van der Waals surface area (Å²) in [6, 6.07) is 17.5. The van der Waals surface area contributed by atoms with Crippen molar-refractivity contribution in [2.75, 3.05) is 31.8 Å². The Balaban J connectivity index is 1.32. The van der Waals surface area contributed by atoms with Crippen molar-refractivity contribution in [1.29, 1.82) is 0 Å². The van der Waals surface area contributed by atoms with Crippen LogP contribution in [-0.2, 0) is 10.0 Å². The molecule has 0 saturated carbocycles. The van der Waals surface area contributed by atoms with E-state index in [0.717, 1.165) is 0 Å². The number of hydrogen-bond donors (Lipinski definition) is 2. The Kier molecular flexibility index (Phi) is 6.55. The molecule has 172 valence electrons. The van der Waals surface area contributed by atoms with E-state index in [2.05, 4.69) is 10.0 Å². The van der Waals surface area contributed by atoms with Gasteiger partial charge in [-0.25, -0.2) is 8.42 Å². The average molecular weight is 471 g/mol. The number of benzene rings is 3. The van der Waals surface area contributed by atoms with Gasteiger partial charge in [-0.15, -0.1) is 0 Å². The van der Waals surface area contributed by atoms with Crippen molar-refractivity contribution in [3.63, 3.8) is 0 Å². The molecule has 3 aromatic carbocycles. The molecular weight excluding hydrogens is 448 g/mol. The lowest BCUT2D eigenvalue weighted by molar-refractivity contribution is 0.0946. The molecule has 1 heterocycles. The molecule has 0 saturated heterocycles. The largest absolute Gasteiger partial charge is 0.497 e. The molecule has 4 rings (SSSR count). The number of methoxy groups -OCH3 is 1. The molecule has 0 radical (unpaired) electrons. The molecule has 1 aliphatic rings. The summed E-state index contributed by atoms with van der Waals surface area (Å²) in [5, 5.41) is 2.71. The van der Waals surface area contributed by atoms with Crippen LogP contribution in [0.4, 0.5) is 5.69 Å². The van der Waals surface area contributed by atoms with Gasteiger partial charge in [0.25, 0.3) is 15.9 Å². The Morgan fingerprint density at radius 2 is 1.73 bits per heavy atom. The maximum absolute atomic E-state index is 12.7. The van der Waals surface area contributed by atoms with Crippen LogP contribution in [0.3, 0.4) is 0 Å². The number of hydrogen-bond acceptors (Lipinski definition) is 7. The van der Waals surface area contributed by atoms with E-state index in [4.69, 9.17) is 18.9 Å². The molecule has 1 aliphatic heterocycles. The first-order chi connectivity index (χ1) is 15.9. The lowest BCUT2D eigenvalue weighted by Crippen LogP contribution is -2.28. The van der Waals surface area contributed by atoms with E-state index < -0.39 is 15.9 Å². The molecule has 9 nitrogen and oxygen atoms in total. The van der Waals surface area contributed by atoms with E-state index in [0.29, 0.717) is 28.7 Å². The van der Waals surface area contributed by atoms with Crippen LogP contribution in [0.2, 0.25) is 0 Å². The van der Waals surface area contributed by atoms with E-state index >= 15 is 0 Å². The quantitative estimate of drug-likeness (QED) is 0.462. The highest BCUT2D eigenvalue weighted by Gasteiger charge is 2.17. The highest BCUT2D eigenvalue weighted by Crippen LogP contribution is 2.35. The summed E-state index contributed by atoms with van der Waals surface area (Å²) in [5.41, 5.74) is 0.599. The van der Waals surface area contributed by atoms with Gasteiger partial charge >= 0.3 is 0 Å². The van der Waals surface area contributed by atoms with E-state index in [-0.39, 0.29) is 30.4 Å². The van der Waals surface area contributed by atoms with Crippen LogP contribution in [0, 0.1) is 0 Å². The van der Waals surface area contributed by atoms with Gasteiger partial charge < -0.3 is 24.3 Å². The first-order valence-corrected chi connectivity index (χ1v) is 11.5. The molecule has 0 aromatic heterocycles. The van der Waals surface area contributed by atoms with E-state index in [1.807, 2.05) is 0 Å². The highest BCUT2D eigenvalue weighted by atomic mass is 32.2. The second kappa shape index (κ2) is 9.70. The highest BCUT2D eigenvalue weighted by molar-refractivity contribution is 7.92. The zero-order valence-corrected chi connectivity index (χ0v) is 18.6. The van der Waals surface area contributed by atoms with Crippen molar-refractivity contribution >= 4 is 21.6 Å². The van der Waals surface area contributed by atoms with Crippen molar-refractivity contribution in [3.05, 3.63) is 72.3 Å². The van der Waals surface area contributed by atoms with Gasteiger partial charge in [0.15, 0.2) is 11.5 Å². The van der Waals surface area contributed by atoms with Crippen molar-refractivity contribution in [1.82, 2.24) is 5.32 Å². The summed E-state index contributed by atoms with van der Waals surface area (Å²) in [6.07, 6.45) is 0. The molecule has 0 atom stereocenters. The lowest BCUT2D eigenvalue weighted by atomic mass is 10.2. The second-order valence-electron chi connectivity index (χ2n) is 6.98. The van der Waals surface area contributed by atoms with Gasteiger partial charge in [0.2, 0.25) is 6.79 Å². The minimum absolute atomic E-state index is 0.0254. The third kappa shape index (κ3) is 5.47. The number of amides is 1. The van der Waals surface area contributed by atoms with Gasteiger partial charge in [-0.05, 0) is 54.6 Å². The van der Waals surface area contributed by atoms with Crippen LogP contribution in [0.1, 0.15) is 10.4 Å². The molecule has 0 unspecified atom stereocenters. The Labute approximate surface area is 191 Å². The summed E-state index contributed by atoms with van der Waals surface area (Å²) < 4.78 is 49.1. The molecule has 0 bridgehead atoms. The summed E-state index contributed by atoms with van der Waals surface area (Å²) in [7, 11) is -2.35. The molecule has 0 fully saturated rings. The topological polar surface area (TPSA) is 112 Å². The predicted molar refractivity (Wildman–Crippen MR) is 121 cm³/mol. The predicted octanol–water partition coefficient (Wildman–Crippen LogP) is 3.03. The Morgan fingerprint density at radius 3 is 2.52 bits per heavy atom. The minimum Gasteiger partial charge on any atom is -0.497 e. The van der Waals surface area contributed by atoms with Gasteiger partial charge in [0.05, 0.1) is 18.6 Å². The third-order valence-corrected chi connectivity index (χ3v) is 6.13. The van der Waals surface area contributed by atoms with Crippen LogP contribution in [0.25, 0.3) is 0 Å². The van der Waals surface area contributed by atoms with Gasteiger partial charge in [0, 0.05) is 17.3 Å². The van der Waals surface area contributed by atoms with E-state index in [1.165, 1.54) is 25.3 Å². The molecule has 2 N–H and O–H groups in total. The van der Waals surface area contributed by atoms with Gasteiger partial charge in [-0.2, -0.15) is 0 Å². The third-order valence-electron chi connectivity index (χ3n) is 4.75. The maximum Gasteiger partial charge on any atom is 0.261 e. The van der Waals surface area contributed by atoms with Crippen LogP contribution in [0.15, 0.2) is 71.6 Å². The van der Waals surface area contributed by atoms with Crippen LogP contribution < -0.4 is 29.0 Å². The lowest BCUT2D eigenvalue weighted by Gasteiger charge is -2.11. The Morgan fingerprint density at radius 1 is 0.970 bits per heavy atom. The number of carbonyl (C=O) groups is 1. The number of anilines is 1. The van der Waals surface area contributed by atoms with Crippen LogP contribution in [0.5, 0.6) is 23.0 Å². The molecule has 1 amide bonds. The number of fused-ring (bicyclic) bond motifs is 1. The average Bonchev–Trinajstić information content (AvgIpc) is 3.30. The van der Waals surface area contributed by atoms with Crippen molar-refractivity contribution in [2.24, 2.45) is 0 Å².